The third kappa shape index (κ3) is 3.54. The Kier molecular flexibility index (Phi) is 5.21. The minimum atomic E-state index is -4.77. The minimum Gasteiger partial charge on any atom is -0.323 e. The standard InChI is InChI=1S/C22H15ClF5N3/c1-3-12-9-29-21-11(2)30-20(17-14(24)5-4-6-15(17)25)18-16(31(21)10-12)8-7-13(19(18)23)22(26,27)28/h3-9,11H,1,10H2,2H3/t11-/m0/s1. The number of anilines is 1. The monoisotopic (exact) mass is 451 g/mol. The van der Waals surface area contributed by atoms with Gasteiger partial charge >= 0.3 is 6.18 Å². The van der Waals surface area contributed by atoms with Crippen LogP contribution in [-0.2, 0) is 6.18 Å². The van der Waals surface area contributed by atoms with E-state index in [1.165, 1.54) is 6.07 Å². The van der Waals surface area contributed by atoms with Crippen molar-refractivity contribution >= 4 is 28.8 Å². The molecule has 0 spiro atoms. The van der Waals surface area contributed by atoms with Gasteiger partial charge in [0, 0.05) is 11.8 Å². The molecule has 0 bridgehead atoms. The fourth-order valence-electron chi connectivity index (χ4n) is 3.65. The van der Waals surface area contributed by atoms with Crippen LogP contribution in [0.4, 0.5) is 27.6 Å². The normalized spacial score (nSPS) is 18.4. The second kappa shape index (κ2) is 7.60. The Labute approximate surface area is 179 Å². The van der Waals surface area contributed by atoms with E-state index in [2.05, 4.69) is 16.6 Å². The van der Waals surface area contributed by atoms with Crippen molar-refractivity contribution in [2.24, 2.45) is 9.98 Å². The molecule has 2 aliphatic heterocycles. The summed E-state index contributed by atoms with van der Waals surface area (Å²) in [5.41, 5.74) is -1.25. The van der Waals surface area contributed by atoms with E-state index in [4.69, 9.17) is 11.6 Å². The van der Waals surface area contributed by atoms with E-state index in [-0.39, 0.29) is 23.5 Å². The van der Waals surface area contributed by atoms with Crippen molar-refractivity contribution in [1.82, 2.24) is 0 Å². The highest BCUT2D eigenvalue weighted by Crippen LogP contribution is 2.43. The first-order valence-electron chi connectivity index (χ1n) is 9.22. The molecule has 2 heterocycles. The molecule has 1 atom stereocenters. The van der Waals surface area contributed by atoms with Gasteiger partial charge in [0.1, 0.15) is 23.5 Å². The second-order valence-corrected chi connectivity index (χ2v) is 7.43. The number of benzene rings is 2. The summed E-state index contributed by atoms with van der Waals surface area (Å²) in [5, 5.41) is -0.686. The summed E-state index contributed by atoms with van der Waals surface area (Å²) >= 11 is 6.24. The molecule has 2 aromatic rings. The van der Waals surface area contributed by atoms with Crippen molar-refractivity contribution in [2.45, 2.75) is 19.1 Å². The molecule has 31 heavy (non-hydrogen) atoms. The quantitative estimate of drug-likeness (QED) is 0.502. The van der Waals surface area contributed by atoms with Crippen LogP contribution in [-0.4, -0.2) is 24.1 Å². The van der Waals surface area contributed by atoms with Crippen molar-refractivity contribution < 1.29 is 22.0 Å². The summed E-state index contributed by atoms with van der Waals surface area (Å²) in [5.74, 6) is -1.51. The van der Waals surface area contributed by atoms with Gasteiger partial charge in [-0.3, -0.25) is 4.99 Å². The Hall–Kier alpha value is -3.00. The van der Waals surface area contributed by atoms with Gasteiger partial charge < -0.3 is 4.90 Å². The number of hydrogen-bond acceptors (Lipinski definition) is 3. The lowest BCUT2D eigenvalue weighted by molar-refractivity contribution is -0.137. The number of fused-ring (bicyclic) bond motifs is 3. The molecule has 3 nitrogen and oxygen atoms in total. The fourth-order valence-corrected chi connectivity index (χ4v) is 4.00. The number of halogens is 6. The summed E-state index contributed by atoms with van der Waals surface area (Å²) < 4.78 is 70.2. The molecule has 0 amide bonds. The smallest absolute Gasteiger partial charge is 0.323 e. The molecule has 0 saturated heterocycles. The predicted octanol–water partition coefficient (Wildman–Crippen LogP) is 6.16. The Morgan fingerprint density at radius 2 is 1.81 bits per heavy atom. The molecule has 2 aliphatic rings. The average Bonchev–Trinajstić information content (AvgIpc) is 2.82. The molecule has 2 aromatic carbocycles. The highest BCUT2D eigenvalue weighted by Gasteiger charge is 2.39. The minimum absolute atomic E-state index is 0.206. The number of alkyl halides is 3. The van der Waals surface area contributed by atoms with Crippen molar-refractivity contribution in [3.8, 4) is 0 Å². The van der Waals surface area contributed by atoms with Crippen molar-refractivity contribution in [3.05, 3.63) is 88.1 Å². The van der Waals surface area contributed by atoms with E-state index in [0.29, 0.717) is 11.4 Å². The lowest BCUT2D eigenvalue weighted by Gasteiger charge is -2.31. The van der Waals surface area contributed by atoms with Gasteiger partial charge in [0.05, 0.1) is 34.1 Å². The van der Waals surface area contributed by atoms with Crippen LogP contribution in [0, 0.1) is 11.6 Å². The highest BCUT2D eigenvalue weighted by atomic mass is 35.5. The Morgan fingerprint density at radius 1 is 1.13 bits per heavy atom. The lowest BCUT2D eigenvalue weighted by atomic mass is 9.96. The molecule has 0 N–H and O–H groups in total. The molecule has 0 fully saturated rings. The summed E-state index contributed by atoms with van der Waals surface area (Å²) in [6, 6.07) is 4.54. The third-order valence-electron chi connectivity index (χ3n) is 5.09. The molecule has 0 aliphatic carbocycles. The third-order valence-corrected chi connectivity index (χ3v) is 5.48. The van der Waals surface area contributed by atoms with E-state index in [9.17, 15) is 22.0 Å². The largest absolute Gasteiger partial charge is 0.417 e. The molecule has 0 radical (unpaired) electrons. The van der Waals surface area contributed by atoms with E-state index >= 15 is 0 Å². The summed E-state index contributed by atoms with van der Waals surface area (Å²) in [6.07, 6.45) is -1.63. The maximum absolute atomic E-state index is 14.7. The van der Waals surface area contributed by atoms with Crippen LogP contribution in [0.2, 0.25) is 5.02 Å². The van der Waals surface area contributed by atoms with Crippen molar-refractivity contribution in [2.75, 3.05) is 11.4 Å². The van der Waals surface area contributed by atoms with Crippen LogP contribution in [0.1, 0.15) is 23.6 Å². The van der Waals surface area contributed by atoms with Gasteiger partial charge in [-0.2, -0.15) is 13.2 Å². The zero-order chi connectivity index (χ0) is 22.5. The molecule has 0 aromatic heterocycles. The fraction of sp³-hybridized carbons (Fsp3) is 0.182. The van der Waals surface area contributed by atoms with E-state index in [0.717, 1.165) is 24.3 Å². The number of hydrogen-bond donors (Lipinski definition) is 0. The predicted molar refractivity (Wildman–Crippen MR) is 111 cm³/mol. The van der Waals surface area contributed by atoms with Gasteiger partial charge in [0.2, 0.25) is 0 Å². The summed E-state index contributed by atoms with van der Waals surface area (Å²) in [7, 11) is 0. The van der Waals surface area contributed by atoms with Crippen LogP contribution in [0.15, 0.2) is 64.7 Å². The Morgan fingerprint density at radius 3 is 2.42 bits per heavy atom. The molecular formula is C22H15ClF5N3. The molecular weight excluding hydrogens is 437 g/mol. The Bertz CT molecular complexity index is 1160. The first-order chi connectivity index (χ1) is 14.6. The van der Waals surface area contributed by atoms with Crippen molar-refractivity contribution in [3.63, 3.8) is 0 Å². The zero-order valence-corrected chi connectivity index (χ0v) is 16.9. The Balaban J connectivity index is 2.08. The number of amidine groups is 1. The number of nitrogens with zero attached hydrogens (tertiary/aromatic N) is 3. The number of aliphatic imine (C=N–C) groups is 2. The maximum atomic E-state index is 14.7. The maximum Gasteiger partial charge on any atom is 0.417 e. The molecule has 0 unspecified atom stereocenters. The van der Waals surface area contributed by atoms with Gasteiger partial charge in [0.25, 0.3) is 0 Å². The molecule has 0 saturated carbocycles. The summed E-state index contributed by atoms with van der Waals surface area (Å²) in [6.45, 7) is 5.58. The van der Waals surface area contributed by atoms with E-state index in [1.54, 1.807) is 24.1 Å². The molecule has 160 valence electrons. The zero-order valence-electron chi connectivity index (χ0n) is 16.1. The summed E-state index contributed by atoms with van der Waals surface area (Å²) in [4.78, 5) is 10.4. The first-order valence-corrected chi connectivity index (χ1v) is 9.60. The first kappa shape index (κ1) is 21.2. The average molecular weight is 452 g/mol. The van der Waals surface area contributed by atoms with Gasteiger partial charge in [-0.05, 0) is 36.8 Å². The van der Waals surface area contributed by atoms with Crippen LogP contribution < -0.4 is 4.90 Å². The van der Waals surface area contributed by atoms with Crippen molar-refractivity contribution in [1.29, 1.82) is 0 Å². The topological polar surface area (TPSA) is 28.0 Å². The van der Waals surface area contributed by atoms with Crippen LogP contribution in [0.25, 0.3) is 0 Å². The van der Waals surface area contributed by atoms with Crippen LogP contribution in [0.5, 0.6) is 0 Å². The number of rotatable bonds is 2. The van der Waals surface area contributed by atoms with Gasteiger partial charge in [0.15, 0.2) is 0 Å². The second-order valence-electron chi connectivity index (χ2n) is 7.05. The van der Waals surface area contributed by atoms with Gasteiger partial charge in [-0.1, -0.05) is 30.3 Å². The molecule has 4 rings (SSSR count). The van der Waals surface area contributed by atoms with E-state index in [1.807, 2.05) is 0 Å². The van der Waals surface area contributed by atoms with Gasteiger partial charge in [-0.15, -0.1) is 0 Å². The van der Waals surface area contributed by atoms with E-state index < -0.39 is 40.0 Å². The SMILES string of the molecule is C=CC1=CN=C2[C@H](C)N=C(c3c(F)cccc3F)c3c(ccc(C(F)(F)F)c3Cl)N2C1. The van der Waals surface area contributed by atoms with Crippen LogP contribution in [0.3, 0.4) is 0 Å². The molecule has 9 heteroatoms. The highest BCUT2D eigenvalue weighted by molar-refractivity contribution is 6.38. The lowest BCUT2D eigenvalue weighted by Crippen LogP contribution is -2.39. The van der Waals surface area contributed by atoms with Gasteiger partial charge in [-0.25, -0.2) is 13.8 Å². The van der Waals surface area contributed by atoms with Crippen LogP contribution >= 0.6 is 11.6 Å².